The van der Waals surface area contributed by atoms with Crippen molar-refractivity contribution in [1.29, 1.82) is 0 Å². The summed E-state index contributed by atoms with van der Waals surface area (Å²) in [5.74, 6) is 1.69. The Labute approximate surface area is 224 Å². The van der Waals surface area contributed by atoms with Crippen molar-refractivity contribution < 1.29 is 0 Å². The first-order valence-electron chi connectivity index (χ1n) is 15.0. The molecule has 0 bridgehead atoms. The van der Waals surface area contributed by atoms with Crippen molar-refractivity contribution in [3.05, 3.63) is 0 Å². The van der Waals surface area contributed by atoms with Crippen LogP contribution in [0.4, 0.5) is 0 Å². The first-order valence-corrected chi connectivity index (χ1v) is 19.0. The summed E-state index contributed by atoms with van der Waals surface area (Å²) in [6.45, 7) is 27.4. The molecule has 0 rings (SSSR count). The molecule has 0 saturated heterocycles. The third-order valence-corrected chi connectivity index (χ3v) is 9.49. The molecular weight excluding hydrogens is 503 g/mol. The van der Waals surface area contributed by atoms with Crippen LogP contribution in [-0.2, 0) is 0 Å². The average Bonchev–Trinajstić information content (AvgIpc) is 2.62. The molecule has 0 nitrogen and oxygen atoms in total. The predicted octanol–water partition coefficient (Wildman–Crippen LogP) is 12.4. The zero-order valence-corrected chi connectivity index (χ0v) is 28.8. The molecule has 0 aromatic heterocycles. The van der Waals surface area contributed by atoms with Crippen LogP contribution in [-0.4, -0.2) is 21.1 Å². The quantitative estimate of drug-likeness (QED) is 0.127. The van der Waals surface area contributed by atoms with Crippen LogP contribution in [0.15, 0.2) is 0 Å². The zero-order valence-electron chi connectivity index (χ0n) is 26.0. The van der Waals surface area contributed by atoms with E-state index in [1.807, 2.05) is 0 Å². The van der Waals surface area contributed by atoms with E-state index in [2.05, 4.69) is 83.1 Å². The Balaban J connectivity index is -0.000000468. The van der Waals surface area contributed by atoms with Crippen LogP contribution in [0.3, 0.4) is 0 Å². The van der Waals surface area contributed by atoms with E-state index in [9.17, 15) is 0 Å². The van der Waals surface area contributed by atoms with E-state index in [0.29, 0.717) is 10.8 Å². The van der Waals surface area contributed by atoms with E-state index in [-0.39, 0.29) is 21.1 Å². The third-order valence-electron chi connectivity index (χ3n) is 5.46. The molecule has 1 heteroatoms. The van der Waals surface area contributed by atoms with Crippen LogP contribution in [0, 0.1) is 22.7 Å². The molecule has 0 heterocycles. The van der Waals surface area contributed by atoms with Gasteiger partial charge in [-0.2, -0.15) is 0 Å². The molecule has 0 fully saturated rings. The van der Waals surface area contributed by atoms with Gasteiger partial charge in [-0.25, -0.2) is 0 Å². The van der Waals surface area contributed by atoms with Gasteiger partial charge < -0.3 is 0 Å². The summed E-state index contributed by atoms with van der Waals surface area (Å²) in [5.41, 5.74) is 1.04. The zero-order chi connectivity index (χ0) is 26.2. The van der Waals surface area contributed by atoms with E-state index in [4.69, 9.17) is 0 Å². The SMILES string of the molecule is CC(C)CC(C)(C)C.CC(C)CC(C)(C)C.CCCCCCC[CH2][Sn][CH2]CCCCCCC. The maximum atomic E-state index is 2.30. The van der Waals surface area contributed by atoms with Crippen molar-refractivity contribution in [2.75, 3.05) is 0 Å². The van der Waals surface area contributed by atoms with Crippen LogP contribution in [0.1, 0.15) is 173 Å². The molecular formula is C32H70Sn. The number of hydrogen-bond acceptors (Lipinski definition) is 0. The Morgan fingerprint density at radius 3 is 0.939 bits per heavy atom. The van der Waals surface area contributed by atoms with E-state index < -0.39 is 0 Å². The molecule has 0 amide bonds. The molecule has 0 aliphatic heterocycles. The molecule has 0 aliphatic carbocycles. The van der Waals surface area contributed by atoms with Crippen molar-refractivity contribution in [2.24, 2.45) is 22.7 Å². The van der Waals surface area contributed by atoms with Gasteiger partial charge in [0.1, 0.15) is 0 Å². The van der Waals surface area contributed by atoms with Crippen LogP contribution in [0.25, 0.3) is 0 Å². The Morgan fingerprint density at radius 1 is 0.455 bits per heavy atom. The second kappa shape index (κ2) is 25.9. The molecule has 0 unspecified atom stereocenters. The van der Waals surface area contributed by atoms with Gasteiger partial charge in [0.15, 0.2) is 0 Å². The van der Waals surface area contributed by atoms with E-state index in [0.717, 1.165) is 11.8 Å². The fourth-order valence-corrected chi connectivity index (χ4v) is 8.20. The van der Waals surface area contributed by atoms with Gasteiger partial charge in [0.2, 0.25) is 0 Å². The van der Waals surface area contributed by atoms with Gasteiger partial charge in [0.25, 0.3) is 0 Å². The van der Waals surface area contributed by atoms with Crippen molar-refractivity contribution in [2.45, 2.75) is 182 Å². The summed E-state index contributed by atoms with van der Waals surface area (Å²) in [6.07, 6.45) is 20.5. The number of hydrogen-bond donors (Lipinski definition) is 0. The molecule has 202 valence electrons. The molecule has 0 atom stereocenters. The van der Waals surface area contributed by atoms with Crippen molar-refractivity contribution >= 4 is 21.1 Å². The number of rotatable bonds is 16. The molecule has 0 N–H and O–H groups in total. The molecule has 0 aromatic carbocycles. The fraction of sp³-hybridized carbons (Fsp3) is 1.00. The Kier molecular flexibility index (Phi) is 30.1. The first-order chi connectivity index (χ1) is 15.2. The van der Waals surface area contributed by atoms with Gasteiger partial charge in [-0.3, -0.25) is 0 Å². The summed E-state index contributed by atoms with van der Waals surface area (Å²) < 4.78 is 3.31. The Hall–Kier alpha value is 0.799. The van der Waals surface area contributed by atoms with Crippen molar-refractivity contribution in [3.63, 3.8) is 0 Å². The van der Waals surface area contributed by atoms with Gasteiger partial charge in [0, 0.05) is 0 Å². The van der Waals surface area contributed by atoms with Crippen LogP contribution >= 0.6 is 0 Å². The molecule has 0 aromatic rings. The average molecular weight is 574 g/mol. The third kappa shape index (κ3) is 50.6. The van der Waals surface area contributed by atoms with Crippen LogP contribution in [0.5, 0.6) is 0 Å². The maximum absolute atomic E-state index is 2.30. The summed E-state index contributed by atoms with van der Waals surface area (Å²) >= 11 is 0.0736. The monoisotopic (exact) mass is 574 g/mol. The molecule has 0 aliphatic rings. The standard InChI is InChI=1S/2C8H18.2C8H17.Sn/c2*1-7(2)6-8(3,4)5;2*1-3-5-7-8-6-4-2;/h2*7H,6H2,1-5H3;2*1,3-8H2,2H3;. The number of unbranched alkanes of at least 4 members (excludes halogenated alkanes) is 10. The summed E-state index contributed by atoms with van der Waals surface area (Å²) in [7, 11) is 0. The van der Waals surface area contributed by atoms with Gasteiger partial charge in [-0.1, -0.05) is 69.2 Å². The van der Waals surface area contributed by atoms with Crippen molar-refractivity contribution in [3.8, 4) is 0 Å². The first kappa shape index (κ1) is 38.3. The van der Waals surface area contributed by atoms with Crippen LogP contribution in [0.2, 0.25) is 8.87 Å². The normalized spacial score (nSPS) is 11.8. The molecule has 0 saturated carbocycles. The van der Waals surface area contributed by atoms with Gasteiger partial charge in [-0.05, 0) is 35.5 Å². The summed E-state index contributed by atoms with van der Waals surface area (Å²) in [6, 6.07) is 0. The molecule has 0 spiro atoms. The van der Waals surface area contributed by atoms with E-state index >= 15 is 0 Å². The van der Waals surface area contributed by atoms with Gasteiger partial charge in [0.05, 0.1) is 0 Å². The Morgan fingerprint density at radius 2 is 0.727 bits per heavy atom. The minimum atomic E-state index is 0.0736. The Bertz CT molecular complexity index is 308. The molecule has 2 radical (unpaired) electrons. The topological polar surface area (TPSA) is 0 Å². The second-order valence-electron chi connectivity index (χ2n) is 13.6. The summed E-state index contributed by atoms with van der Waals surface area (Å²) in [5, 5.41) is 0. The van der Waals surface area contributed by atoms with E-state index in [1.54, 1.807) is 21.7 Å². The second-order valence-corrected chi connectivity index (χ2v) is 17.9. The van der Waals surface area contributed by atoms with E-state index in [1.165, 1.54) is 77.0 Å². The molecule has 33 heavy (non-hydrogen) atoms. The van der Waals surface area contributed by atoms with Crippen molar-refractivity contribution in [1.82, 2.24) is 0 Å². The predicted molar refractivity (Wildman–Crippen MR) is 160 cm³/mol. The minimum absolute atomic E-state index is 0.0736. The van der Waals surface area contributed by atoms with Gasteiger partial charge >= 0.3 is 121 Å². The van der Waals surface area contributed by atoms with Gasteiger partial charge in [-0.15, -0.1) is 0 Å². The summed E-state index contributed by atoms with van der Waals surface area (Å²) in [4.78, 5) is 0. The fourth-order valence-electron chi connectivity index (χ4n) is 4.64. The van der Waals surface area contributed by atoms with Crippen LogP contribution < -0.4 is 0 Å².